The molecule has 0 bridgehead atoms. The van der Waals surface area contributed by atoms with Crippen LogP contribution in [0.4, 0.5) is 0 Å². The van der Waals surface area contributed by atoms with Gasteiger partial charge in [-0.2, -0.15) is 4.98 Å². The molecule has 1 saturated carbocycles. The Morgan fingerprint density at radius 3 is 2.81 bits per heavy atom. The molecule has 0 amide bonds. The van der Waals surface area contributed by atoms with Gasteiger partial charge in [-0.3, -0.25) is 4.57 Å². The lowest BCUT2D eigenvalue weighted by Crippen LogP contribution is -2.29. The summed E-state index contributed by atoms with van der Waals surface area (Å²) < 4.78 is 1.78. The highest BCUT2D eigenvalue weighted by Crippen LogP contribution is 2.29. The van der Waals surface area contributed by atoms with Crippen molar-refractivity contribution >= 4 is 11.6 Å². The van der Waals surface area contributed by atoms with E-state index in [2.05, 4.69) is 4.98 Å². The molecule has 1 aliphatic rings. The van der Waals surface area contributed by atoms with Crippen molar-refractivity contribution < 1.29 is 0 Å². The molecule has 1 aromatic heterocycles. The summed E-state index contributed by atoms with van der Waals surface area (Å²) in [6.07, 6.45) is 5.15. The van der Waals surface area contributed by atoms with E-state index in [-0.39, 0.29) is 10.8 Å². The molecule has 0 unspecified atom stereocenters. The molecule has 16 heavy (non-hydrogen) atoms. The summed E-state index contributed by atoms with van der Waals surface area (Å²) in [5.41, 5.74) is 6.23. The first-order valence-electron chi connectivity index (χ1n) is 5.70. The van der Waals surface area contributed by atoms with Crippen LogP contribution >= 0.6 is 11.6 Å². The van der Waals surface area contributed by atoms with E-state index in [1.807, 2.05) is 0 Å². The van der Waals surface area contributed by atoms with Crippen LogP contribution in [0.15, 0.2) is 10.9 Å². The van der Waals surface area contributed by atoms with Crippen LogP contribution < -0.4 is 11.4 Å². The van der Waals surface area contributed by atoms with Gasteiger partial charge >= 0.3 is 5.69 Å². The predicted molar refractivity (Wildman–Crippen MR) is 63.8 cm³/mol. The zero-order valence-corrected chi connectivity index (χ0v) is 9.91. The Morgan fingerprint density at radius 2 is 2.19 bits per heavy atom. The number of hydrogen-bond acceptors (Lipinski definition) is 3. The van der Waals surface area contributed by atoms with E-state index in [4.69, 9.17) is 17.3 Å². The highest BCUT2D eigenvalue weighted by atomic mass is 35.5. The highest BCUT2D eigenvalue weighted by molar-refractivity contribution is 6.29. The second-order valence-electron chi connectivity index (χ2n) is 4.20. The number of aromatic nitrogens is 2. The van der Waals surface area contributed by atoms with E-state index in [9.17, 15) is 4.79 Å². The van der Waals surface area contributed by atoms with Crippen LogP contribution in [-0.4, -0.2) is 16.1 Å². The summed E-state index contributed by atoms with van der Waals surface area (Å²) in [4.78, 5) is 15.6. The first-order chi connectivity index (χ1) is 7.72. The molecule has 2 N–H and O–H groups in total. The minimum Gasteiger partial charge on any atom is -0.330 e. The normalized spacial score (nSPS) is 16.9. The lowest BCUT2D eigenvalue weighted by Gasteiger charge is -2.17. The minimum absolute atomic E-state index is 0.233. The summed E-state index contributed by atoms with van der Waals surface area (Å²) in [6, 6.07) is 2.05. The third kappa shape index (κ3) is 2.28. The van der Waals surface area contributed by atoms with Gasteiger partial charge in [0.2, 0.25) is 0 Å². The maximum Gasteiger partial charge on any atom is 0.349 e. The second-order valence-corrected chi connectivity index (χ2v) is 4.59. The zero-order valence-electron chi connectivity index (χ0n) is 9.16. The van der Waals surface area contributed by atoms with Gasteiger partial charge in [0.25, 0.3) is 0 Å². The molecule has 0 radical (unpaired) electrons. The molecular weight excluding hydrogens is 226 g/mol. The Balaban J connectivity index is 2.43. The monoisotopic (exact) mass is 241 g/mol. The summed E-state index contributed by atoms with van der Waals surface area (Å²) in [7, 11) is 0. The zero-order chi connectivity index (χ0) is 11.5. The SMILES string of the molecule is NCCc1cc(Cl)nc(=O)n1C1CCCC1. The van der Waals surface area contributed by atoms with Crippen LogP contribution in [0, 0.1) is 0 Å². The van der Waals surface area contributed by atoms with Gasteiger partial charge in [-0.1, -0.05) is 24.4 Å². The summed E-state index contributed by atoms with van der Waals surface area (Å²) in [5, 5.41) is 0.266. The van der Waals surface area contributed by atoms with E-state index >= 15 is 0 Å². The van der Waals surface area contributed by atoms with E-state index in [1.165, 1.54) is 12.8 Å². The topological polar surface area (TPSA) is 60.9 Å². The minimum atomic E-state index is -0.233. The smallest absolute Gasteiger partial charge is 0.330 e. The molecule has 4 nitrogen and oxygen atoms in total. The van der Waals surface area contributed by atoms with Crippen molar-refractivity contribution in [1.29, 1.82) is 0 Å². The number of nitrogens with two attached hydrogens (primary N) is 1. The maximum absolute atomic E-state index is 11.8. The first-order valence-corrected chi connectivity index (χ1v) is 6.08. The Morgan fingerprint density at radius 1 is 1.50 bits per heavy atom. The van der Waals surface area contributed by atoms with Crippen molar-refractivity contribution in [3.05, 3.63) is 27.4 Å². The maximum atomic E-state index is 11.8. The predicted octanol–water partition coefficient (Wildman–Crippen LogP) is 1.51. The average Bonchev–Trinajstić information content (AvgIpc) is 2.70. The van der Waals surface area contributed by atoms with E-state index < -0.39 is 0 Å². The van der Waals surface area contributed by atoms with Gasteiger partial charge in [-0.05, 0) is 25.5 Å². The van der Waals surface area contributed by atoms with E-state index in [0.717, 1.165) is 18.5 Å². The van der Waals surface area contributed by atoms with Crippen molar-refractivity contribution in [3.8, 4) is 0 Å². The summed E-state index contributed by atoms with van der Waals surface area (Å²) >= 11 is 5.80. The Hall–Kier alpha value is -0.870. The van der Waals surface area contributed by atoms with Crippen LogP contribution in [0.1, 0.15) is 37.4 Å². The van der Waals surface area contributed by atoms with Crippen molar-refractivity contribution in [2.45, 2.75) is 38.1 Å². The van der Waals surface area contributed by atoms with Crippen molar-refractivity contribution in [2.24, 2.45) is 5.73 Å². The molecule has 0 aromatic carbocycles. The molecule has 88 valence electrons. The van der Waals surface area contributed by atoms with E-state index in [0.29, 0.717) is 19.0 Å². The number of rotatable bonds is 3. The van der Waals surface area contributed by atoms with E-state index in [1.54, 1.807) is 10.6 Å². The molecule has 5 heteroatoms. The molecular formula is C11H16ClN3O. The summed E-state index contributed by atoms with van der Waals surface area (Å²) in [5.74, 6) is 0. The fourth-order valence-electron chi connectivity index (χ4n) is 2.40. The number of nitrogens with zero attached hydrogens (tertiary/aromatic N) is 2. The largest absolute Gasteiger partial charge is 0.349 e. The molecule has 1 fully saturated rings. The molecule has 0 aliphatic heterocycles. The molecule has 0 spiro atoms. The van der Waals surface area contributed by atoms with Gasteiger partial charge < -0.3 is 5.73 Å². The lowest BCUT2D eigenvalue weighted by atomic mass is 10.2. The quantitative estimate of drug-likeness (QED) is 0.817. The van der Waals surface area contributed by atoms with Crippen LogP contribution in [0.25, 0.3) is 0 Å². The fourth-order valence-corrected chi connectivity index (χ4v) is 2.60. The Labute approximate surface area is 99.4 Å². The third-order valence-electron chi connectivity index (χ3n) is 3.09. The fraction of sp³-hybridized carbons (Fsp3) is 0.636. The standard InChI is InChI=1S/C11H16ClN3O/c12-10-7-9(5-6-13)15(11(16)14-10)8-3-1-2-4-8/h7-8H,1-6,13H2. The number of halogens is 1. The van der Waals surface area contributed by atoms with Crippen molar-refractivity contribution in [2.75, 3.05) is 6.54 Å². The van der Waals surface area contributed by atoms with Crippen molar-refractivity contribution in [1.82, 2.24) is 9.55 Å². The molecule has 1 heterocycles. The second kappa shape index (κ2) is 4.97. The average molecular weight is 242 g/mol. The van der Waals surface area contributed by atoms with Gasteiger partial charge in [0.15, 0.2) is 0 Å². The molecule has 1 aromatic rings. The van der Waals surface area contributed by atoms with Gasteiger partial charge in [-0.15, -0.1) is 0 Å². The van der Waals surface area contributed by atoms with Crippen LogP contribution in [0.3, 0.4) is 0 Å². The van der Waals surface area contributed by atoms with Crippen molar-refractivity contribution in [3.63, 3.8) is 0 Å². The first kappa shape index (κ1) is 11.6. The van der Waals surface area contributed by atoms with Gasteiger partial charge in [-0.25, -0.2) is 4.79 Å². The van der Waals surface area contributed by atoms with Crippen LogP contribution in [-0.2, 0) is 6.42 Å². The van der Waals surface area contributed by atoms with Gasteiger partial charge in [0, 0.05) is 18.2 Å². The number of hydrogen-bond donors (Lipinski definition) is 1. The molecule has 0 atom stereocenters. The van der Waals surface area contributed by atoms with Crippen LogP contribution in [0.2, 0.25) is 5.15 Å². The third-order valence-corrected chi connectivity index (χ3v) is 3.29. The Kier molecular flexibility index (Phi) is 3.61. The Bertz CT molecular complexity index is 424. The molecule has 0 saturated heterocycles. The van der Waals surface area contributed by atoms with Gasteiger partial charge in [0.05, 0.1) is 0 Å². The van der Waals surface area contributed by atoms with Crippen LogP contribution in [0.5, 0.6) is 0 Å². The van der Waals surface area contributed by atoms with Gasteiger partial charge in [0.1, 0.15) is 5.15 Å². The summed E-state index contributed by atoms with van der Waals surface area (Å²) in [6.45, 7) is 0.520. The molecule has 2 rings (SSSR count). The lowest BCUT2D eigenvalue weighted by molar-refractivity contribution is 0.473. The molecule has 1 aliphatic carbocycles. The highest BCUT2D eigenvalue weighted by Gasteiger charge is 2.21.